The maximum atomic E-state index is 11.1. The molecule has 0 saturated heterocycles. The fourth-order valence-corrected chi connectivity index (χ4v) is 3.19. The molecule has 126 valence electrons. The van der Waals surface area contributed by atoms with Crippen LogP contribution in [0.5, 0.6) is 0 Å². The van der Waals surface area contributed by atoms with E-state index in [-0.39, 0.29) is 16.2 Å². The normalized spacial score (nSPS) is 14.0. The molecular formula is C17H31N3O2. The molecule has 0 radical (unpaired) electrons. The molecule has 5 heteroatoms. The first kappa shape index (κ1) is 18.7. The zero-order chi connectivity index (χ0) is 16.6. The summed E-state index contributed by atoms with van der Waals surface area (Å²) in [6.45, 7) is 6.63. The van der Waals surface area contributed by atoms with Gasteiger partial charge in [0, 0.05) is 5.41 Å². The van der Waals surface area contributed by atoms with Crippen molar-refractivity contribution in [2.75, 3.05) is 0 Å². The third-order valence-electron chi connectivity index (χ3n) is 4.60. The Morgan fingerprint density at radius 2 is 1.68 bits per heavy atom. The van der Waals surface area contributed by atoms with E-state index in [0.717, 1.165) is 31.5 Å². The molecule has 1 heterocycles. The fourth-order valence-electron chi connectivity index (χ4n) is 3.19. The van der Waals surface area contributed by atoms with Crippen LogP contribution in [-0.4, -0.2) is 14.5 Å². The Bertz CT molecular complexity index is 470. The van der Waals surface area contributed by atoms with Crippen LogP contribution < -0.4 is 0 Å². The first-order chi connectivity index (χ1) is 10.5. The standard InChI is InChI=1S/C17H31N3O2/c1-5-7-9-11-13-17(3,12-10-8-6-2)16-18-14-15(19(16)4)20(21)22/h14H,5-13H2,1-4H3. The van der Waals surface area contributed by atoms with Gasteiger partial charge in [-0.3, -0.25) is 0 Å². The van der Waals surface area contributed by atoms with E-state index in [0.29, 0.717) is 0 Å². The van der Waals surface area contributed by atoms with Crippen molar-refractivity contribution in [1.82, 2.24) is 9.55 Å². The van der Waals surface area contributed by atoms with Crippen LogP contribution in [0.2, 0.25) is 0 Å². The average Bonchev–Trinajstić information content (AvgIpc) is 2.86. The molecule has 0 N–H and O–H groups in total. The summed E-state index contributed by atoms with van der Waals surface area (Å²) in [5.74, 6) is 0.956. The van der Waals surface area contributed by atoms with E-state index >= 15 is 0 Å². The molecule has 0 aliphatic carbocycles. The van der Waals surface area contributed by atoms with Crippen LogP contribution in [0.1, 0.15) is 84.4 Å². The lowest BCUT2D eigenvalue weighted by Gasteiger charge is -2.27. The summed E-state index contributed by atoms with van der Waals surface area (Å²) in [5, 5.41) is 11.1. The Kier molecular flexibility index (Phi) is 7.56. The van der Waals surface area contributed by atoms with Gasteiger partial charge in [0.25, 0.3) is 0 Å². The number of hydrogen-bond acceptors (Lipinski definition) is 3. The number of rotatable bonds is 11. The Balaban J connectivity index is 2.90. The molecule has 0 aliphatic heterocycles. The second-order valence-electron chi connectivity index (χ2n) is 6.58. The highest BCUT2D eigenvalue weighted by Gasteiger charge is 2.34. The lowest BCUT2D eigenvalue weighted by atomic mass is 9.79. The smallest absolute Gasteiger partial charge is 0.342 e. The van der Waals surface area contributed by atoms with Gasteiger partial charge in [-0.05, 0) is 17.8 Å². The van der Waals surface area contributed by atoms with Crippen LogP contribution >= 0.6 is 0 Å². The van der Waals surface area contributed by atoms with Crippen molar-refractivity contribution in [1.29, 1.82) is 0 Å². The highest BCUT2D eigenvalue weighted by molar-refractivity contribution is 5.23. The maximum absolute atomic E-state index is 11.1. The third kappa shape index (κ3) is 4.82. The Labute approximate surface area is 134 Å². The van der Waals surface area contributed by atoms with Gasteiger partial charge in [0.2, 0.25) is 5.82 Å². The van der Waals surface area contributed by atoms with Crippen molar-refractivity contribution in [3.05, 3.63) is 22.1 Å². The van der Waals surface area contributed by atoms with Crippen molar-refractivity contribution >= 4 is 5.82 Å². The molecule has 0 spiro atoms. The minimum absolute atomic E-state index is 0.0636. The highest BCUT2D eigenvalue weighted by Crippen LogP contribution is 2.35. The largest absolute Gasteiger partial charge is 0.358 e. The van der Waals surface area contributed by atoms with E-state index in [9.17, 15) is 10.1 Å². The van der Waals surface area contributed by atoms with E-state index in [1.165, 1.54) is 38.3 Å². The first-order valence-electron chi connectivity index (χ1n) is 8.62. The van der Waals surface area contributed by atoms with Gasteiger partial charge in [0.05, 0.1) is 7.05 Å². The molecule has 0 aromatic carbocycles. The number of aromatic nitrogens is 2. The lowest BCUT2D eigenvalue weighted by Crippen LogP contribution is -2.26. The quantitative estimate of drug-likeness (QED) is 0.323. The van der Waals surface area contributed by atoms with Gasteiger partial charge in [-0.2, -0.15) is 0 Å². The topological polar surface area (TPSA) is 61.0 Å². The van der Waals surface area contributed by atoms with E-state index in [2.05, 4.69) is 25.8 Å². The Morgan fingerprint density at radius 1 is 1.14 bits per heavy atom. The predicted molar refractivity (Wildman–Crippen MR) is 90.1 cm³/mol. The van der Waals surface area contributed by atoms with Gasteiger partial charge in [0.15, 0.2) is 0 Å². The minimum atomic E-state index is -0.347. The molecule has 0 amide bonds. The van der Waals surface area contributed by atoms with Crippen molar-refractivity contribution in [3.63, 3.8) is 0 Å². The van der Waals surface area contributed by atoms with Gasteiger partial charge in [-0.25, -0.2) is 9.55 Å². The predicted octanol–water partition coefficient (Wildman–Crippen LogP) is 5.14. The van der Waals surface area contributed by atoms with Crippen LogP contribution in [0.25, 0.3) is 0 Å². The molecule has 0 bridgehead atoms. The lowest BCUT2D eigenvalue weighted by molar-refractivity contribution is -0.391. The van der Waals surface area contributed by atoms with E-state index < -0.39 is 0 Å². The van der Waals surface area contributed by atoms with Crippen molar-refractivity contribution in [2.24, 2.45) is 7.05 Å². The van der Waals surface area contributed by atoms with E-state index in [4.69, 9.17) is 0 Å². The van der Waals surface area contributed by atoms with Crippen molar-refractivity contribution < 1.29 is 4.92 Å². The molecule has 1 rings (SSSR count). The molecule has 0 saturated carbocycles. The molecular weight excluding hydrogens is 278 g/mol. The molecule has 22 heavy (non-hydrogen) atoms. The van der Waals surface area contributed by atoms with Crippen LogP contribution in [0.4, 0.5) is 5.82 Å². The molecule has 1 aromatic rings. The summed E-state index contributed by atoms with van der Waals surface area (Å²) >= 11 is 0. The summed E-state index contributed by atoms with van der Waals surface area (Å²) < 4.78 is 1.67. The number of hydrogen-bond donors (Lipinski definition) is 0. The van der Waals surface area contributed by atoms with E-state index in [1.807, 2.05) is 0 Å². The second-order valence-corrected chi connectivity index (χ2v) is 6.58. The van der Waals surface area contributed by atoms with Gasteiger partial charge in [-0.15, -0.1) is 0 Å². The first-order valence-corrected chi connectivity index (χ1v) is 8.62. The average molecular weight is 309 g/mol. The molecule has 0 fully saturated rings. The summed E-state index contributed by atoms with van der Waals surface area (Å²) in [4.78, 5) is 15.1. The summed E-state index contributed by atoms with van der Waals surface area (Å²) in [5.41, 5.74) is -0.0636. The second kappa shape index (κ2) is 8.91. The number of nitro groups is 1. The van der Waals surface area contributed by atoms with Gasteiger partial charge >= 0.3 is 5.82 Å². The fraction of sp³-hybridized carbons (Fsp3) is 0.824. The zero-order valence-electron chi connectivity index (χ0n) is 14.6. The third-order valence-corrected chi connectivity index (χ3v) is 4.60. The number of imidazole rings is 1. The molecule has 1 unspecified atom stereocenters. The highest BCUT2D eigenvalue weighted by atomic mass is 16.6. The van der Waals surface area contributed by atoms with Crippen LogP contribution in [0.15, 0.2) is 6.20 Å². The SMILES string of the molecule is CCCCCCC(C)(CCCCC)c1ncc([N+](=O)[O-])n1C. The summed E-state index contributed by atoms with van der Waals surface area (Å²) in [6.07, 6.45) is 11.9. The monoisotopic (exact) mass is 309 g/mol. The van der Waals surface area contributed by atoms with Gasteiger partial charge in [0.1, 0.15) is 6.20 Å². The van der Waals surface area contributed by atoms with Crippen LogP contribution in [0, 0.1) is 10.1 Å². The van der Waals surface area contributed by atoms with Crippen molar-refractivity contribution in [2.45, 2.75) is 84.0 Å². The number of nitrogens with zero attached hydrogens (tertiary/aromatic N) is 3. The zero-order valence-corrected chi connectivity index (χ0v) is 14.6. The molecule has 1 atom stereocenters. The van der Waals surface area contributed by atoms with Crippen LogP contribution in [-0.2, 0) is 12.5 Å². The van der Waals surface area contributed by atoms with Crippen LogP contribution in [0.3, 0.4) is 0 Å². The van der Waals surface area contributed by atoms with Gasteiger partial charge < -0.3 is 10.1 Å². The summed E-state index contributed by atoms with van der Waals surface area (Å²) in [6, 6.07) is 0. The minimum Gasteiger partial charge on any atom is -0.358 e. The molecule has 0 aliphatic rings. The Hall–Kier alpha value is -1.39. The van der Waals surface area contributed by atoms with E-state index in [1.54, 1.807) is 11.6 Å². The maximum Gasteiger partial charge on any atom is 0.342 e. The molecule has 1 aromatic heterocycles. The Morgan fingerprint density at radius 3 is 2.18 bits per heavy atom. The van der Waals surface area contributed by atoms with Gasteiger partial charge in [-0.1, -0.05) is 65.7 Å². The van der Waals surface area contributed by atoms with Crippen molar-refractivity contribution in [3.8, 4) is 0 Å². The molecule has 5 nitrogen and oxygen atoms in total. The summed E-state index contributed by atoms with van der Waals surface area (Å²) in [7, 11) is 1.77. The number of unbranched alkanes of at least 4 members (excludes halogenated alkanes) is 5.